The minimum atomic E-state index is -1.11. The Hall–Kier alpha value is -2.47. The molecule has 0 spiro atoms. The third-order valence-corrected chi connectivity index (χ3v) is 4.25. The van der Waals surface area contributed by atoms with E-state index in [-0.39, 0.29) is 0 Å². The van der Waals surface area contributed by atoms with Crippen molar-refractivity contribution in [2.75, 3.05) is 32.1 Å². The van der Waals surface area contributed by atoms with E-state index >= 15 is 0 Å². The molecule has 1 aromatic heterocycles. The zero-order valence-electron chi connectivity index (χ0n) is 16.3. The molecule has 142 valence electrons. The standard InChI is InChI=1S/C20H30N4O2/c1-6-21-19(23-14-20(3,25)18-8-7-11-26-18)22-13-16-9-10-17(24(4)5)12-15(16)2/h7-12,25H,6,13-14H2,1-5H3,(H2,21,22,23). The summed E-state index contributed by atoms with van der Waals surface area (Å²) in [5.74, 6) is 1.19. The van der Waals surface area contributed by atoms with Crippen molar-refractivity contribution in [2.45, 2.75) is 32.9 Å². The van der Waals surface area contributed by atoms with Gasteiger partial charge in [-0.1, -0.05) is 6.07 Å². The van der Waals surface area contributed by atoms with Gasteiger partial charge in [0.2, 0.25) is 0 Å². The highest BCUT2D eigenvalue weighted by Crippen LogP contribution is 2.20. The molecule has 1 aromatic carbocycles. The molecule has 0 saturated carbocycles. The predicted octanol–water partition coefficient (Wildman–Crippen LogP) is 2.62. The number of anilines is 1. The zero-order chi connectivity index (χ0) is 19.2. The van der Waals surface area contributed by atoms with Crippen molar-refractivity contribution in [2.24, 2.45) is 4.99 Å². The van der Waals surface area contributed by atoms with Crippen LogP contribution in [0.2, 0.25) is 0 Å². The third kappa shape index (κ3) is 5.26. The van der Waals surface area contributed by atoms with E-state index < -0.39 is 5.60 Å². The van der Waals surface area contributed by atoms with Gasteiger partial charge in [0.25, 0.3) is 0 Å². The van der Waals surface area contributed by atoms with Crippen LogP contribution in [0, 0.1) is 6.92 Å². The number of aryl methyl sites for hydroxylation is 1. The Morgan fingerprint density at radius 2 is 2.04 bits per heavy atom. The quantitative estimate of drug-likeness (QED) is 0.524. The first-order chi connectivity index (χ1) is 12.3. The fourth-order valence-corrected chi connectivity index (χ4v) is 2.57. The molecule has 0 radical (unpaired) electrons. The first-order valence-corrected chi connectivity index (χ1v) is 8.89. The van der Waals surface area contributed by atoms with Gasteiger partial charge in [-0.3, -0.25) is 0 Å². The molecule has 6 heteroatoms. The second kappa shape index (κ2) is 8.76. The summed E-state index contributed by atoms with van der Waals surface area (Å²) in [7, 11) is 4.06. The van der Waals surface area contributed by atoms with Crippen molar-refractivity contribution in [1.29, 1.82) is 0 Å². The van der Waals surface area contributed by atoms with Crippen molar-refractivity contribution >= 4 is 11.6 Å². The van der Waals surface area contributed by atoms with Crippen LogP contribution in [0.1, 0.15) is 30.7 Å². The summed E-state index contributed by atoms with van der Waals surface area (Å²) < 4.78 is 5.31. The lowest BCUT2D eigenvalue weighted by atomic mass is 10.0. The van der Waals surface area contributed by atoms with Crippen molar-refractivity contribution < 1.29 is 9.52 Å². The van der Waals surface area contributed by atoms with Gasteiger partial charge >= 0.3 is 0 Å². The highest BCUT2D eigenvalue weighted by Gasteiger charge is 2.26. The predicted molar refractivity (Wildman–Crippen MR) is 107 cm³/mol. The summed E-state index contributed by atoms with van der Waals surface area (Å²) in [6.45, 7) is 7.43. The van der Waals surface area contributed by atoms with E-state index in [9.17, 15) is 5.11 Å². The number of hydrogen-bond donors (Lipinski definition) is 3. The summed E-state index contributed by atoms with van der Waals surface area (Å²) in [5, 5.41) is 17.0. The molecule has 0 aliphatic heterocycles. The Morgan fingerprint density at radius 3 is 2.62 bits per heavy atom. The number of guanidine groups is 1. The summed E-state index contributed by atoms with van der Waals surface area (Å²) in [6.07, 6.45) is 1.56. The van der Waals surface area contributed by atoms with Crippen LogP contribution < -0.4 is 15.5 Å². The van der Waals surface area contributed by atoms with Crippen LogP contribution in [0.3, 0.4) is 0 Å². The minimum Gasteiger partial charge on any atom is -0.466 e. The zero-order valence-corrected chi connectivity index (χ0v) is 16.3. The maximum Gasteiger partial charge on any atom is 0.191 e. The van der Waals surface area contributed by atoms with Gasteiger partial charge in [-0.25, -0.2) is 4.99 Å². The van der Waals surface area contributed by atoms with Crippen molar-refractivity contribution in [3.8, 4) is 0 Å². The van der Waals surface area contributed by atoms with Gasteiger partial charge in [-0.05, 0) is 56.2 Å². The van der Waals surface area contributed by atoms with E-state index in [1.54, 1.807) is 25.3 Å². The molecule has 0 aliphatic carbocycles. The Morgan fingerprint density at radius 1 is 1.27 bits per heavy atom. The lowest BCUT2D eigenvalue weighted by Crippen LogP contribution is -2.44. The molecule has 2 rings (SSSR count). The van der Waals surface area contributed by atoms with E-state index in [2.05, 4.69) is 45.6 Å². The van der Waals surface area contributed by atoms with Gasteiger partial charge in [0, 0.05) is 26.3 Å². The molecule has 0 saturated heterocycles. The highest BCUT2D eigenvalue weighted by atomic mass is 16.4. The maximum absolute atomic E-state index is 10.6. The molecule has 1 atom stereocenters. The largest absolute Gasteiger partial charge is 0.466 e. The van der Waals surface area contributed by atoms with Crippen LogP contribution in [0.4, 0.5) is 5.69 Å². The monoisotopic (exact) mass is 358 g/mol. The molecular weight excluding hydrogens is 328 g/mol. The average molecular weight is 358 g/mol. The second-order valence-corrected chi connectivity index (χ2v) is 6.81. The minimum absolute atomic E-state index is 0.297. The summed E-state index contributed by atoms with van der Waals surface area (Å²) in [5.41, 5.74) is 2.45. The molecule has 26 heavy (non-hydrogen) atoms. The molecule has 6 nitrogen and oxygen atoms in total. The summed E-state index contributed by atoms with van der Waals surface area (Å²) >= 11 is 0. The normalized spacial score (nSPS) is 14.0. The molecule has 0 aliphatic rings. The third-order valence-electron chi connectivity index (χ3n) is 4.25. The van der Waals surface area contributed by atoms with Crippen LogP contribution in [0.5, 0.6) is 0 Å². The number of aliphatic hydroxyl groups is 1. The van der Waals surface area contributed by atoms with Crippen LogP contribution in [0.25, 0.3) is 0 Å². The lowest BCUT2D eigenvalue weighted by molar-refractivity contribution is 0.0386. The number of aliphatic imine (C=N–C) groups is 1. The Kier molecular flexibility index (Phi) is 6.69. The number of rotatable bonds is 7. The van der Waals surface area contributed by atoms with E-state index in [4.69, 9.17) is 4.42 Å². The van der Waals surface area contributed by atoms with Gasteiger partial charge < -0.3 is 25.1 Å². The molecule has 0 bridgehead atoms. The molecule has 0 amide bonds. The van der Waals surface area contributed by atoms with Gasteiger partial charge in [0.15, 0.2) is 5.96 Å². The molecular formula is C20H30N4O2. The average Bonchev–Trinajstić information content (AvgIpc) is 3.13. The molecule has 0 fully saturated rings. The SMILES string of the molecule is CCNC(=NCc1ccc(N(C)C)cc1C)NCC(C)(O)c1ccco1. The molecule has 1 unspecified atom stereocenters. The molecule has 1 heterocycles. The van der Waals surface area contributed by atoms with Crippen LogP contribution in [0.15, 0.2) is 46.0 Å². The molecule has 2 aromatic rings. The second-order valence-electron chi connectivity index (χ2n) is 6.81. The first kappa shape index (κ1) is 19.8. The topological polar surface area (TPSA) is 73.0 Å². The van der Waals surface area contributed by atoms with Crippen molar-refractivity contribution in [3.05, 3.63) is 53.5 Å². The number of nitrogens with one attached hydrogen (secondary N) is 2. The van der Waals surface area contributed by atoms with Crippen molar-refractivity contribution in [3.63, 3.8) is 0 Å². The number of benzene rings is 1. The fourth-order valence-electron chi connectivity index (χ4n) is 2.57. The lowest BCUT2D eigenvalue weighted by Gasteiger charge is -2.22. The van der Waals surface area contributed by atoms with E-state index in [0.29, 0.717) is 24.8 Å². The fraction of sp³-hybridized carbons (Fsp3) is 0.450. The van der Waals surface area contributed by atoms with E-state index in [0.717, 1.165) is 6.54 Å². The summed E-state index contributed by atoms with van der Waals surface area (Å²) in [6, 6.07) is 9.90. The number of furan rings is 1. The smallest absolute Gasteiger partial charge is 0.191 e. The van der Waals surface area contributed by atoms with Crippen LogP contribution >= 0.6 is 0 Å². The number of nitrogens with zero attached hydrogens (tertiary/aromatic N) is 2. The summed E-state index contributed by atoms with van der Waals surface area (Å²) in [4.78, 5) is 6.73. The van der Waals surface area contributed by atoms with Crippen LogP contribution in [-0.2, 0) is 12.1 Å². The van der Waals surface area contributed by atoms with Crippen molar-refractivity contribution in [1.82, 2.24) is 10.6 Å². The van der Waals surface area contributed by atoms with Gasteiger partial charge in [0.1, 0.15) is 11.4 Å². The van der Waals surface area contributed by atoms with E-state index in [1.165, 1.54) is 16.8 Å². The Labute approximate surface area is 155 Å². The Balaban J connectivity index is 2.04. The molecule has 3 N–H and O–H groups in total. The van der Waals surface area contributed by atoms with Gasteiger partial charge in [-0.15, -0.1) is 0 Å². The van der Waals surface area contributed by atoms with Gasteiger partial charge in [0.05, 0.1) is 19.4 Å². The Bertz CT molecular complexity index is 721. The van der Waals surface area contributed by atoms with Gasteiger partial charge in [-0.2, -0.15) is 0 Å². The number of hydrogen-bond acceptors (Lipinski definition) is 4. The van der Waals surface area contributed by atoms with E-state index in [1.807, 2.05) is 21.0 Å². The first-order valence-electron chi connectivity index (χ1n) is 8.89. The highest BCUT2D eigenvalue weighted by molar-refractivity contribution is 5.79. The maximum atomic E-state index is 10.6. The van der Waals surface area contributed by atoms with Crippen LogP contribution in [-0.4, -0.2) is 38.3 Å².